The van der Waals surface area contributed by atoms with Crippen molar-refractivity contribution in [2.75, 3.05) is 13.1 Å². The third-order valence-corrected chi connectivity index (χ3v) is 2.35. The SMILES string of the molecule is NCCCCNC(=O)Cc1c(F)cccc1F. The topological polar surface area (TPSA) is 55.1 Å². The molecule has 5 heteroatoms. The minimum absolute atomic E-state index is 0.191. The molecule has 0 aliphatic carbocycles. The number of halogens is 2. The van der Waals surface area contributed by atoms with Gasteiger partial charge in [-0.2, -0.15) is 0 Å². The van der Waals surface area contributed by atoms with Gasteiger partial charge in [-0.15, -0.1) is 0 Å². The van der Waals surface area contributed by atoms with Crippen LogP contribution < -0.4 is 11.1 Å². The fraction of sp³-hybridized carbons (Fsp3) is 0.417. The Morgan fingerprint density at radius 1 is 1.24 bits per heavy atom. The summed E-state index contributed by atoms with van der Waals surface area (Å²) in [5, 5.41) is 2.59. The third-order valence-electron chi connectivity index (χ3n) is 2.35. The summed E-state index contributed by atoms with van der Waals surface area (Å²) < 4.78 is 26.4. The molecule has 0 saturated carbocycles. The minimum atomic E-state index is -0.692. The number of carbonyl (C=O) groups is 1. The van der Waals surface area contributed by atoms with Gasteiger partial charge in [0, 0.05) is 12.1 Å². The highest BCUT2D eigenvalue weighted by atomic mass is 19.1. The van der Waals surface area contributed by atoms with E-state index in [-0.39, 0.29) is 17.9 Å². The first-order chi connectivity index (χ1) is 8.15. The van der Waals surface area contributed by atoms with Crippen molar-refractivity contribution >= 4 is 5.91 Å². The molecular formula is C12H16F2N2O. The Morgan fingerprint density at radius 3 is 2.47 bits per heavy atom. The molecule has 0 saturated heterocycles. The first kappa shape index (κ1) is 13.6. The van der Waals surface area contributed by atoms with Crippen LogP contribution in [0.25, 0.3) is 0 Å². The van der Waals surface area contributed by atoms with Crippen molar-refractivity contribution in [1.29, 1.82) is 0 Å². The van der Waals surface area contributed by atoms with Crippen LogP contribution in [-0.2, 0) is 11.2 Å². The lowest BCUT2D eigenvalue weighted by atomic mass is 10.1. The molecule has 0 spiro atoms. The maximum atomic E-state index is 13.2. The van der Waals surface area contributed by atoms with E-state index in [2.05, 4.69) is 5.32 Å². The highest BCUT2D eigenvalue weighted by Gasteiger charge is 2.12. The Kier molecular flexibility index (Phi) is 5.56. The van der Waals surface area contributed by atoms with Crippen LogP contribution in [-0.4, -0.2) is 19.0 Å². The van der Waals surface area contributed by atoms with E-state index < -0.39 is 11.6 Å². The Hall–Kier alpha value is -1.49. The zero-order valence-electron chi connectivity index (χ0n) is 9.51. The molecule has 0 aromatic heterocycles. The fourth-order valence-electron chi connectivity index (χ4n) is 1.42. The molecule has 1 aromatic carbocycles. The Bertz CT molecular complexity index is 363. The molecule has 0 aliphatic heterocycles. The minimum Gasteiger partial charge on any atom is -0.356 e. The van der Waals surface area contributed by atoms with Gasteiger partial charge in [0.15, 0.2) is 0 Å². The van der Waals surface area contributed by atoms with Gasteiger partial charge in [-0.1, -0.05) is 6.07 Å². The predicted octanol–water partition coefficient (Wildman–Crippen LogP) is 1.36. The van der Waals surface area contributed by atoms with E-state index in [1.165, 1.54) is 6.07 Å². The summed E-state index contributed by atoms with van der Waals surface area (Å²) in [5.41, 5.74) is 5.11. The van der Waals surface area contributed by atoms with Crippen LogP contribution in [0.3, 0.4) is 0 Å². The Balaban J connectivity index is 2.45. The number of benzene rings is 1. The van der Waals surface area contributed by atoms with Gasteiger partial charge in [-0.05, 0) is 31.5 Å². The van der Waals surface area contributed by atoms with Gasteiger partial charge in [0.1, 0.15) is 11.6 Å². The second-order valence-corrected chi connectivity index (χ2v) is 3.72. The van der Waals surface area contributed by atoms with E-state index >= 15 is 0 Å². The average molecular weight is 242 g/mol. The van der Waals surface area contributed by atoms with Crippen LogP contribution in [0, 0.1) is 11.6 Å². The molecule has 0 atom stereocenters. The standard InChI is InChI=1S/C12H16F2N2O/c13-10-4-3-5-11(14)9(10)8-12(17)16-7-2-1-6-15/h3-5H,1-2,6-8,15H2,(H,16,17). The zero-order valence-corrected chi connectivity index (χ0v) is 9.51. The van der Waals surface area contributed by atoms with Crippen LogP contribution in [0.15, 0.2) is 18.2 Å². The van der Waals surface area contributed by atoms with Crippen molar-refractivity contribution < 1.29 is 13.6 Å². The summed E-state index contributed by atoms with van der Waals surface area (Å²) >= 11 is 0. The van der Waals surface area contributed by atoms with Gasteiger partial charge < -0.3 is 11.1 Å². The second-order valence-electron chi connectivity index (χ2n) is 3.72. The maximum absolute atomic E-state index is 13.2. The van der Waals surface area contributed by atoms with Gasteiger partial charge in [-0.25, -0.2) is 8.78 Å². The first-order valence-electron chi connectivity index (χ1n) is 5.55. The lowest BCUT2D eigenvalue weighted by Crippen LogP contribution is -2.27. The monoisotopic (exact) mass is 242 g/mol. The number of rotatable bonds is 6. The summed E-state index contributed by atoms with van der Waals surface area (Å²) in [6, 6.07) is 3.55. The van der Waals surface area contributed by atoms with E-state index in [1.54, 1.807) is 0 Å². The molecule has 0 fully saturated rings. The molecule has 0 aliphatic rings. The van der Waals surface area contributed by atoms with Gasteiger partial charge in [0.05, 0.1) is 6.42 Å². The normalized spacial score (nSPS) is 10.3. The lowest BCUT2D eigenvalue weighted by molar-refractivity contribution is -0.120. The Morgan fingerprint density at radius 2 is 1.88 bits per heavy atom. The number of nitrogens with two attached hydrogens (primary N) is 1. The van der Waals surface area contributed by atoms with Crippen molar-refractivity contribution in [3.63, 3.8) is 0 Å². The molecule has 3 N–H and O–H groups in total. The van der Waals surface area contributed by atoms with Crippen LogP contribution in [0.5, 0.6) is 0 Å². The van der Waals surface area contributed by atoms with Crippen LogP contribution in [0.1, 0.15) is 18.4 Å². The smallest absolute Gasteiger partial charge is 0.224 e. The van der Waals surface area contributed by atoms with E-state index in [0.29, 0.717) is 13.1 Å². The number of unbranched alkanes of at least 4 members (excludes halogenated alkanes) is 1. The van der Waals surface area contributed by atoms with Gasteiger partial charge >= 0.3 is 0 Å². The van der Waals surface area contributed by atoms with E-state index in [4.69, 9.17) is 5.73 Å². The largest absolute Gasteiger partial charge is 0.356 e. The van der Waals surface area contributed by atoms with Gasteiger partial charge in [0.25, 0.3) is 0 Å². The molecule has 1 rings (SSSR count). The molecule has 3 nitrogen and oxygen atoms in total. The predicted molar refractivity (Wildman–Crippen MR) is 61.4 cm³/mol. The Labute approximate surface area is 99.0 Å². The summed E-state index contributed by atoms with van der Waals surface area (Å²) in [7, 11) is 0. The van der Waals surface area contributed by atoms with Crippen molar-refractivity contribution in [2.24, 2.45) is 5.73 Å². The summed E-state index contributed by atoms with van der Waals surface area (Å²) in [6.07, 6.45) is 1.30. The molecule has 17 heavy (non-hydrogen) atoms. The number of carbonyl (C=O) groups excluding carboxylic acids is 1. The molecular weight excluding hydrogens is 226 g/mol. The van der Waals surface area contributed by atoms with E-state index in [0.717, 1.165) is 25.0 Å². The van der Waals surface area contributed by atoms with Crippen molar-refractivity contribution in [3.8, 4) is 0 Å². The highest BCUT2D eigenvalue weighted by molar-refractivity contribution is 5.78. The zero-order chi connectivity index (χ0) is 12.7. The highest BCUT2D eigenvalue weighted by Crippen LogP contribution is 2.12. The lowest BCUT2D eigenvalue weighted by Gasteiger charge is -2.06. The van der Waals surface area contributed by atoms with Gasteiger partial charge in [-0.3, -0.25) is 4.79 Å². The molecule has 0 heterocycles. The quantitative estimate of drug-likeness (QED) is 0.740. The first-order valence-corrected chi connectivity index (χ1v) is 5.55. The maximum Gasteiger partial charge on any atom is 0.224 e. The summed E-state index contributed by atoms with van der Waals surface area (Å²) in [5.74, 6) is -1.77. The van der Waals surface area contributed by atoms with Gasteiger partial charge in [0.2, 0.25) is 5.91 Å². The molecule has 94 valence electrons. The van der Waals surface area contributed by atoms with Crippen molar-refractivity contribution in [1.82, 2.24) is 5.32 Å². The van der Waals surface area contributed by atoms with Crippen LogP contribution in [0.4, 0.5) is 8.78 Å². The average Bonchev–Trinajstić information content (AvgIpc) is 2.30. The van der Waals surface area contributed by atoms with Crippen LogP contribution >= 0.6 is 0 Å². The molecule has 1 amide bonds. The molecule has 0 bridgehead atoms. The third kappa shape index (κ3) is 4.48. The number of nitrogens with one attached hydrogen (secondary N) is 1. The molecule has 0 unspecified atom stereocenters. The number of amides is 1. The van der Waals surface area contributed by atoms with E-state index in [1.807, 2.05) is 0 Å². The molecule has 0 radical (unpaired) electrons. The fourth-order valence-corrected chi connectivity index (χ4v) is 1.42. The summed E-state index contributed by atoms with van der Waals surface area (Å²) in [6.45, 7) is 1.05. The van der Waals surface area contributed by atoms with Crippen LogP contribution in [0.2, 0.25) is 0 Å². The number of hydrogen-bond donors (Lipinski definition) is 2. The molecule has 1 aromatic rings. The second kappa shape index (κ2) is 6.96. The summed E-state index contributed by atoms with van der Waals surface area (Å²) in [4.78, 5) is 11.4. The van der Waals surface area contributed by atoms with Crippen molar-refractivity contribution in [3.05, 3.63) is 35.4 Å². The van der Waals surface area contributed by atoms with E-state index in [9.17, 15) is 13.6 Å². The van der Waals surface area contributed by atoms with Crippen molar-refractivity contribution in [2.45, 2.75) is 19.3 Å². The number of hydrogen-bond acceptors (Lipinski definition) is 2.